The number of rotatable bonds is 5. The molecule has 1 aliphatic rings. The lowest BCUT2D eigenvalue weighted by Crippen LogP contribution is -2.37. The number of benzene rings is 2. The molecule has 5 N–H and O–H groups in total. The van der Waals surface area contributed by atoms with Gasteiger partial charge in [-0.25, -0.2) is 14.4 Å². The second-order valence-electron chi connectivity index (χ2n) is 6.03. The summed E-state index contributed by atoms with van der Waals surface area (Å²) < 4.78 is 4.35. The number of aliphatic hydroxyl groups is 4. The summed E-state index contributed by atoms with van der Waals surface area (Å²) in [4.78, 5) is 31.9. The Kier molecular flexibility index (Phi) is 9.63. The number of ether oxygens (including phenoxy) is 1. The van der Waals surface area contributed by atoms with Gasteiger partial charge in [0.05, 0.1) is 48.5 Å². The van der Waals surface area contributed by atoms with Gasteiger partial charge in [0, 0.05) is 0 Å². The van der Waals surface area contributed by atoms with Crippen LogP contribution in [0.4, 0.5) is 0 Å². The van der Waals surface area contributed by atoms with E-state index in [2.05, 4.69) is 4.74 Å². The molecule has 3 rings (SSSR count). The number of carbonyl (C=O) groups excluding carboxylic acids is 2. The molecule has 0 aromatic heterocycles. The van der Waals surface area contributed by atoms with Crippen molar-refractivity contribution >= 4 is 17.9 Å². The molecule has 0 spiro atoms. The van der Waals surface area contributed by atoms with Crippen LogP contribution in [0.25, 0.3) is 0 Å². The minimum Gasteiger partial charge on any atom is -0.478 e. The third-order valence-corrected chi connectivity index (χ3v) is 3.91. The molecule has 0 amide bonds. The van der Waals surface area contributed by atoms with Crippen molar-refractivity contribution < 1.29 is 44.7 Å². The van der Waals surface area contributed by atoms with Crippen molar-refractivity contribution in [2.75, 3.05) is 26.4 Å². The molecule has 2 aromatic carbocycles. The zero-order chi connectivity index (χ0) is 21.9. The van der Waals surface area contributed by atoms with Crippen LogP contribution in [0.1, 0.15) is 31.1 Å². The molecule has 1 aliphatic heterocycles. The van der Waals surface area contributed by atoms with Crippen LogP contribution in [-0.4, -0.2) is 69.9 Å². The van der Waals surface area contributed by atoms with E-state index in [-0.39, 0.29) is 0 Å². The number of carboxylic acid groups (broad SMARTS) is 1. The van der Waals surface area contributed by atoms with E-state index in [4.69, 9.17) is 25.5 Å². The van der Waals surface area contributed by atoms with E-state index in [0.29, 0.717) is 16.7 Å². The standard InChI is InChI=1S/C8H4O3.C7H6O2.C5H12O4/c9-7-5-3-1-2-4-6(5)8(10)11-7;8-7(9)6-4-2-1-3-5-6;6-1-5(2-7,3-8)4-9/h1-4H;1-5H,(H,8,9);6-9H,1-4H2. The molecule has 9 nitrogen and oxygen atoms in total. The Morgan fingerprint density at radius 2 is 1.10 bits per heavy atom. The number of cyclic esters (lactones) is 2. The molecular formula is C20H22O9. The maximum absolute atomic E-state index is 10.8. The number of esters is 2. The first-order chi connectivity index (χ1) is 13.8. The summed E-state index contributed by atoms with van der Waals surface area (Å²) in [5, 5.41) is 42.4. The SMILES string of the molecule is O=C(O)c1ccccc1.O=C1OC(=O)c2ccccc21.OCC(CO)(CO)CO. The summed E-state index contributed by atoms with van der Waals surface area (Å²) >= 11 is 0. The summed E-state index contributed by atoms with van der Waals surface area (Å²) in [5.41, 5.74) is -0.0625. The maximum atomic E-state index is 10.8. The van der Waals surface area contributed by atoms with Gasteiger partial charge in [-0.05, 0) is 24.3 Å². The van der Waals surface area contributed by atoms with Gasteiger partial charge in [0.2, 0.25) is 0 Å². The van der Waals surface area contributed by atoms with Crippen molar-refractivity contribution in [1.29, 1.82) is 0 Å². The molecule has 0 bridgehead atoms. The van der Waals surface area contributed by atoms with Crippen LogP contribution in [0.5, 0.6) is 0 Å². The highest BCUT2D eigenvalue weighted by atomic mass is 16.6. The fraction of sp³-hybridized carbons (Fsp3) is 0.250. The quantitative estimate of drug-likeness (QED) is 0.348. The Balaban J connectivity index is 0.000000220. The summed E-state index contributed by atoms with van der Waals surface area (Å²) in [7, 11) is 0. The highest BCUT2D eigenvalue weighted by molar-refractivity contribution is 6.14. The van der Waals surface area contributed by atoms with Gasteiger partial charge >= 0.3 is 17.9 Å². The van der Waals surface area contributed by atoms with Gasteiger partial charge in [-0.3, -0.25) is 0 Å². The van der Waals surface area contributed by atoms with Crippen LogP contribution in [0, 0.1) is 5.41 Å². The second-order valence-corrected chi connectivity index (χ2v) is 6.03. The van der Waals surface area contributed by atoms with Crippen molar-refractivity contribution in [2.24, 2.45) is 5.41 Å². The lowest BCUT2D eigenvalue weighted by atomic mass is 9.93. The first-order valence-corrected chi connectivity index (χ1v) is 8.41. The van der Waals surface area contributed by atoms with Gasteiger partial charge in [0.25, 0.3) is 0 Å². The van der Waals surface area contributed by atoms with Gasteiger partial charge in [-0.15, -0.1) is 0 Å². The van der Waals surface area contributed by atoms with E-state index in [1.165, 1.54) is 0 Å². The Hall–Kier alpha value is -3.11. The number of carboxylic acids is 1. The Bertz CT molecular complexity index is 763. The molecule has 0 saturated heterocycles. The van der Waals surface area contributed by atoms with Crippen molar-refractivity contribution in [2.45, 2.75) is 0 Å². The molecule has 29 heavy (non-hydrogen) atoms. The predicted molar refractivity (Wildman–Crippen MR) is 100 cm³/mol. The molecule has 9 heteroatoms. The number of aromatic carboxylic acids is 1. The van der Waals surface area contributed by atoms with Crippen molar-refractivity contribution in [3.63, 3.8) is 0 Å². The average molecular weight is 406 g/mol. The number of aliphatic hydroxyl groups excluding tert-OH is 4. The zero-order valence-corrected chi connectivity index (χ0v) is 15.4. The van der Waals surface area contributed by atoms with Crippen LogP contribution in [0.15, 0.2) is 54.6 Å². The van der Waals surface area contributed by atoms with Crippen molar-refractivity contribution in [3.8, 4) is 0 Å². The van der Waals surface area contributed by atoms with Crippen molar-refractivity contribution in [3.05, 3.63) is 71.3 Å². The molecule has 1 heterocycles. The van der Waals surface area contributed by atoms with E-state index in [9.17, 15) is 14.4 Å². The Morgan fingerprint density at radius 1 is 0.724 bits per heavy atom. The smallest absolute Gasteiger partial charge is 0.346 e. The monoisotopic (exact) mass is 406 g/mol. The molecule has 156 valence electrons. The molecule has 0 radical (unpaired) electrons. The third kappa shape index (κ3) is 6.77. The molecule has 2 aromatic rings. The van der Waals surface area contributed by atoms with Crippen LogP contribution in [0.2, 0.25) is 0 Å². The predicted octanol–water partition coefficient (Wildman–Crippen LogP) is 0.324. The summed E-state index contributed by atoms with van der Waals surface area (Å²) in [6.07, 6.45) is 0. The summed E-state index contributed by atoms with van der Waals surface area (Å²) in [6, 6.07) is 14.8. The number of carbonyl (C=O) groups is 3. The fourth-order valence-corrected chi connectivity index (χ4v) is 1.91. The normalized spacial score (nSPS) is 12.0. The lowest BCUT2D eigenvalue weighted by molar-refractivity contribution is -0.0328. The van der Waals surface area contributed by atoms with Crippen LogP contribution in [0.3, 0.4) is 0 Å². The van der Waals surface area contributed by atoms with Crippen molar-refractivity contribution in [1.82, 2.24) is 0 Å². The molecule has 0 aliphatic carbocycles. The number of fused-ring (bicyclic) bond motifs is 1. The third-order valence-electron chi connectivity index (χ3n) is 3.91. The molecule has 0 atom stereocenters. The van der Waals surface area contributed by atoms with E-state index in [1.54, 1.807) is 54.6 Å². The average Bonchev–Trinajstić information content (AvgIpc) is 3.06. The summed E-state index contributed by atoms with van der Waals surface area (Å²) in [6.45, 7) is -1.62. The first kappa shape index (κ1) is 23.9. The topological polar surface area (TPSA) is 162 Å². The number of hydrogen-bond acceptors (Lipinski definition) is 8. The van der Waals surface area contributed by atoms with E-state index in [1.807, 2.05) is 0 Å². The van der Waals surface area contributed by atoms with E-state index >= 15 is 0 Å². The van der Waals surface area contributed by atoms with Crippen LogP contribution >= 0.6 is 0 Å². The first-order valence-electron chi connectivity index (χ1n) is 8.41. The van der Waals surface area contributed by atoms with Crippen LogP contribution in [-0.2, 0) is 4.74 Å². The number of hydrogen-bond donors (Lipinski definition) is 5. The van der Waals surface area contributed by atoms with Gasteiger partial charge < -0.3 is 30.3 Å². The highest BCUT2D eigenvalue weighted by Gasteiger charge is 2.28. The fourth-order valence-electron chi connectivity index (χ4n) is 1.91. The Morgan fingerprint density at radius 3 is 1.38 bits per heavy atom. The summed E-state index contributed by atoms with van der Waals surface area (Å²) in [5.74, 6) is -1.98. The highest BCUT2D eigenvalue weighted by Crippen LogP contribution is 2.18. The second kappa shape index (κ2) is 11.7. The van der Waals surface area contributed by atoms with E-state index in [0.717, 1.165) is 0 Å². The molecular weight excluding hydrogens is 384 g/mol. The molecule has 0 fully saturated rings. The maximum Gasteiger partial charge on any atom is 0.346 e. The lowest BCUT2D eigenvalue weighted by Gasteiger charge is -2.23. The molecule has 0 saturated carbocycles. The van der Waals surface area contributed by atoms with E-state index < -0.39 is 49.8 Å². The largest absolute Gasteiger partial charge is 0.478 e. The minimum atomic E-state index is -1.11. The van der Waals surface area contributed by atoms with Gasteiger partial charge in [-0.1, -0.05) is 30.3 Å². The minimum absolute atomic E-state index is 0.331. The molecule has 0 unspecified atom stereocenters. The van der Waals surface area contributed by atoms with Crippen LogP contribution < -0.4 is 0 Å². The van der Waals surface area contributed by atoms with Gasteiger partial charge in [0.15, 0.2) is 0 Å². The van der Waals surface area contributed by atoms with Gasteiger partial charge in [-0.2, -0.15) is 0 Å². The Labute approximate surface area is 166 Å². The zero-order valence-electron chi connectivity index (χ0n) is 15.4. The van der Waals surface area contributed by atoms with Gasteiger partial charge in [0.1, 0.15) is 0 Å².